The van der Waals surface area contributed by atoms with Crippen LogP contribution in [-0.4, -0.2) is 43.5 Å². The highest BCUT2D eigenvalue weighted by Crippen LogP contribution is 2.12. The molecule has 0 unspecified atom stereocenters. The van der Waals surface area contributed by atoms with Crippen LogP contribution in [-0.2, 0) is 11.2 Å². The topological polar surface area (TPSA) is 29.5 Å². The Morgan fingerprint density at radius 2 is 1.83 bits per heavy atom. The predicted octanol–water partition coefficient (Wildman–Crippen LogP) is 4.49. The molecule has 3 heteroatoms. The second kappa shape index (κ2) is 11.4. The number of ketones is 1. The molecule has 0 saturated carbocycles. The first-order valence-electron chi connectivity index (χ1n) is 9.72. The van der Waals surface area contributed by atoms with Gasteiger partial charge < -0.3 is 9.64 Å². The molecule has 0 spiro atoms. The standard InChI is InChI=1S/C21H33NO2/c1-2-3-4-5-6-8-19-9-11-20(12-10-19)21(23)13-15-22-14-7-17-24-18-16-22/h9-12H,2-8,13-18H2,1H3. The maximum Gasteiger partial charge on any atom is 0.164 e. The number of Topliss-reactive ketones (excluding diaryl/α,β-unsaturated/α-hetero) is 1. The molecule has 1 aliphatic rings. The van der Waals surface area contributed by atoms with E-state index in [1.807, 2.05) is 12.1 Å². The number of hydrogen-bond acceptors (Lipinski definition) is 3. The molecular weight excluding hydrogens is 298 g/mol. The van der Waals surface area contributed by atoms with E-state index in [2.05, 4.69) is 24.0 Å². The Bertz CT molecular complexity index is 461. The SMILES string of the molecule is CCCCCCCc1ccc(C(=O)CCN2CCCOCC2)cc1. The van der Waals surface area contributed by atoms with Crippen LogP contribution in [0.4, 0.5) is 0 Å². The molecule has 1 heterocycles. The van der Waals surface area contributed by atoms with Crippen molar-refractivity contribution in [3.63, 3.8) is 0 Å². The van der Waals surface area contributed by atoms with Gasteiger partial charge in [-0.3, -0.25) is 4.79 Å². The Morgan fingerprint density at radius 1 is 1.04 bits per heavy atom. The molecule has 0 amide bonds. The van der Waals surface area contributed by atoms with Gasteiger partial charge in [-0.1, -0.05) is 56.9 Å². The fourth-order valence-corrected chi connectivity index (χ4v) is 3.22. The Kier molecular flexibility index (Phi) is 9.07. The van der Waals surface area contributed by atoms with Gasteiger partial charge in [0.2, 0.25) is 0 Å². The highest BCUT2D eigenvalue weighted by Gasteiger charge is 2.12. The van der Waals surface area contributed by atoms with Gasteiger partial charge in [0, 0.05) is 38.2 Å². The second-order valence-electron chi connectivity index (χ2n) is 6.84. The van der Waals surface area contributed by atoms with Crippen LogP contribution in [0.2, 0.25) is 0 Å². The van der Waals surface area contributed by atoms with Gasteiger partial charge in [0.1, 0.15) is 0 Å². The van der Waals surface area contributed by atoms with E-state index in [9.17, 15) is 4.79 Å². The number of carbonyl (C=O) groups is 1. The molecule has 24 heavy (non-hydrogen) atoms. The molecule has 1 saturated heterocycles. The van der Waals surface area contributed by atoms with Crippen molar-refractivity contribution in [3.05, 3.63) is 35.4 Å². The highest BCUT2D eigenvalue weighted by atomic mass is 16.5. The van der Waals surface area contributed by atoms with Crippen LogP contribution in [0.3, 0.4) is 0 Å². The number of carbonyl (C=O) groups excluding carboxylic acids is 1. The number of ether oxygens (including phenoxy) is 1. The lowest BCUT2D eigenvalue weighted by atomic mass is 10.0. The Labute approximate surface area is 147 Å². The molecule has 0 atom stereocenters. The molecule has 0 bridgehead atoms. The van der Waals surface area contributed by atoms with E-state index in [-0.39, 0.29) is 5.78 Å². The fraction of sp³-hybridized carbons (Fsp3) is 0.667. The molecule has 1 aliphatic heterocycles. The van der Waals surface area contributed by atoms with Crippen molar-refractivity contribution in [2.75, 3.05) is 32.8 Å². The van der Waals surface area contributed by atoms with E-state index in [4.69, 9.17) is 4.74 Å². The first kappa shape index (κ1) is 19.1. The lowest BCUT2D eigenvalue weighted by Gasteiger charge is -2.18. The van der Waals surface area contributed by atoms with Crippen molar-refractivity contribution in [1.29, 1.82) is 0 Å². The van der Waals surface area contributed by atoms with Crippen LogP contribution in [0.25, 0.3) is 0 Å². The van der Waals surface area contributed by atoms with Crippen molar-refractivity contribution in [1.82, 2.24) is 4.90 Å². The molecule has 2 rings (SSSR count). The summed E-state index contributed by atoms with van der Waals surface area (Å²) in [6.07, 6.45) is 9.36. The van der Waals surface area contributed by atoms with Gasteiger partial charge >= 0.3 is 0 Å². The van der Waals surface area contributed by atoms with Crippen LogP contribution in [0.1, 0.15) is 67.8 Å². The van der Waals surface area contributed by atoms with Crippen LogP contribution in [0.5, 0.6) is 0 Å². The van der Waals surface area contributed by atoms with Gasteiger partial charge in [0.05, 0.1) is 6.61 Å². The third-order valence-corrected chi connectivity index (χ3v) is 4.81. The lowest BCUT2D eigenvalue weighted by Crippen LogP contribution is -2.28. The normalized spacial score (nSPS) is 16.0. The summed E-state index contributed by atoms with van der Waals surface area (Å²) in [4.78, 5) is 14.7. The van der Waals surface area contributed by atoms with Crippen molar-refractivity contribution in [2.24, 2.45) is 0 Å². The average molecular weight is 332 g/mol. The van der Waals surface area contributed by atoms with Crippen molar-refractivity contribution in [3.8, 4) is 0 Å². The first-order valence-corrected chi connectivity index (χ1v) is 9.72. The summed E-state index contributed by atoms with van der Waals surface area (Å²) in [5, 5.41) is 0. The largest absolute Gasteiger partial charge is 0.380 e. The zero-order valence-electron chi connectivity index (χ0n) is 15.3. The van der Waals surface area contributed by atoms with Crippen molar-refractivity contribution < 1.29 is 9.53 Å². The number of unbranched alkanes of at least 4 members (excludes halogenated alkanes) is 4. The molecule has 1 aromatic rings. The minimum atomic E-state index is 0.259. The minimum Gasteiger partial charge on any atom is -0.380 e. The zero-order chi connectivity index (χ0) is 17.0. The number of benzene rings is 1. The van der Waals surface area contributed by atoms with Crippen LogP contribution in [0, 0.1) is 0 Å². The summed E-state index contributed by atoms with van der Waals surface area (Å²) in [6.45, 7) is 6.73. The third kappa shape index (κ3) is 7.14. The highest BCUT2D eigenvalue weighted by molar-refractivity contribution is 5.96. The Morgan fingerprint density at radius 3 is 2.62 bits per heavy atom. The molecule has 1 aromatic carbocycles. The fourth-order valence-electron chi connectivity index (χ4n) is 3.22. The monoisotopic (exact) mass is 331 g/mol. The minimum absolute atomic E-state index is 0.259. The molecule has 0 radical (unpaired) electrons. The zero-order valence-corrected chi connectivity index (χ0v) is 15.3. The summed E-state index contributed by atoms with van der Waals surface area (Å²) in [7, 11) is 0. The summed E-state index contributed by atoms with van der Waals surface area (Å²) >= 11 is 0. The van der Waals surface area contributed by atoms with Gasteiger partial charge in [-0.25, -0.2) is 0 Å². The summed E-state index contributed by atoms with van der Waals surface area (Å²) < 4.78 is 5.46. The summed E-state index contributed by atoms with van der Waals surface area (Å²) in [6, 6.07) is 8.28. The Hall–Kier alpha value is -1.19. The molecule has 3 nitrogen and oxygen atoms in total. The van der Waals surface area contributed by atoms with E-state index in [1.165, 1.54) is 37.7 Å². The lowest BCUT2D eigenvalue weighted by molar-refractivity contribution is 0.0960. The maximum absolute atomic E-state index is 12.4. The van der Waals surface area contributed by atoms with E-state index in [0.29, 0.717) is 6.42 Å². The molecule has 1 fully saturated rings. The number of nitrogens with zero attached hydrogens (tertiary/aromatic N) is 1. The van der Waals surface area contributed by atoms with E-state index < -0.39 is 0 Å². The van der Waals surface area contributed by atoms with E-state index >= 15 is 0 Å². The van der Waals surface area contributed by atoms with Crippen molar-refractivity contribution in [2.45, 2.75) is 58.3 Å². The molecule has 0 aromatic heterocycles. The number of aryl methyl sites for hydroxylation is 1. The number of rotatable bonds is 10. The first-order chi connectivity index (χ1) is 11.8. The molecular formula is C21H33NO2. The second-order valence-corrected chi connectivity index (χ2v) is 6.84. The smallest absolute Gasteiger partial charge is 0.164 e. The summed E-state index contributed by atoms with van der Waals surface area (Å²) in [5.41, 5.74) is 2.21. The maximum atomic E-state index is 12.4. The van der Waals surface area contributed by atoms with Gasteiger partial charge in [-0.15, -0.1) is 0 Å². The number of hydrogen-bond donors (Lipinski definition) is 0. The Balaban J connectivity index is 1.70. The van der Waals surface area contributed by atoms with Gasteiger partial charge in [0.25, 0.3) is 0 Å². The average Bonchev–Trinajstić information content (AvgIpc) is 2.89. The van der Waals surface area contributed by atoms with E-state index in [1.54, 1.807) is 0 Å². The van der Waals surface area contributed by atoms with Gasteiger partial charge in [-0.2, -0.15) is 0 Å². The van der Waals surface area contributed by atoms with Gasteiger partial charge in [-0.05, 0) is 24.8 Å². The van der Waals surface area contributed by atoms with E-state index in [0.717, 1.165) is 51.3 Å². The molecule has 134 valence electrons. The van der Waals surface area contributed by atoms with Crippen LogP contribution < -0.4 is 0 Å². The summed E-state index contributed by atoms with van der Waals surface area (Å²) in [5.74, 6) is 0.259. The molecule has 0 N–H and O–H groups in total. The van der Waals surface area contributed by atoms with Crippen molar-refractivity contribution >= 4 is 5.78 Å². The van der Waals surface area contributed by atoms with Crippen LogP contribution in [0.15, 0.2) is 24.3 Å². The predicted molar refractivity (Wildman–Crippen MR) is 99.7 cm³/mol. The quantitative estimate of drug-likeness (QED) is 0.467. The van der Waals surface area contributed by atoms with Crippen LogP contribution >= 0.6 is 0 Å². The third-order valence-electron chi connectivity index (χ3n) is 4.81. The molecule has 0 aliphatic carbocycles. The van der Waals surface area contributed by atoms with Gasteiger partial charge in [0.15, 0.2) is 5.78 Å².